The van der Waals surface area contributed by atoms with E-state index in [9.17, 15) is 0 Å². The van der Waals surface area contributed by atoms with Crippen LogP contribution in [0.3, 0.4) is 0 Å². The molecular formula is C46H32N2S2. The lowest BCUT2D eigenvalue weighted by molar-refractivity contribution is 1.36. The smallest absolute Gasteiger partial charge is 0.0880 e. The Bertz CT molecular complexity index is 2550. The Hall–Kier alpha value is -5.68. The molecule has 0 amide bonds. The molecule has 0 aliphatic heterocycles. The van der Waals surface area contributed by atoms with E-state index in [0.717, 1.165) is 22.5 Å². The standard InChI is InChI=1S/C46H32N2S2/c1-5-33-27(3)49-45-39(33)23-25-47-43(45)31-19-15-29(16-20-31)41-35-11-7-9-13-37(35)42(38-14-10-8-12-36(38)41)30-17-21-32(22-18-30)44-46-40(24-26-48-44)34(6-2)28(4)50-46/h5-26H,1-2H2,3-4H3. The SMILES string of the molecule is C=Cc1c(C)sc2c(-c3ccc(-c4c5ccccc5c(-c5ccc(-c6nccc7c(C=C)c(C)sc67)cc5)c5ccccc45)cc3)nccc12. The van der Waals surface area contributed by atoms with Gasteiger partial charge in [0.15, 0.2) is 0 Å². The molecule has 50 heavy (non-hydrogen) atoms. The van der Waals surface area contributed by atoms with Crippen molar-refractivity contribution in [3.8, 4) is 44.8 Å². The molecule has 238 valence electrons. The number of hydrogen-bond acceptors (Lipinski definition) is 4. The second-order valence-electron chi connectivity index (χ2n) is 12.6. The zero-order valence-corrected chi connectivity index (χ0v) is 29.5. The molecule has 4 heterocycles. The number of fused-ring (bicyclic) bond motifs is 4. The normalized spacial score (nSPS) is 11.6. The number of nitrogens with zero attached hydrogens (tertiary/aromatic N) is 2. The quantitative estimate of drug-likeness (QED) is 0.164. The average Bonchev–Trinajstić information content (AvgIpc) is 3.68. The van der Waals surface area contributed by atoms with E-state index >= 15 is 0 Å². The molecule has 0 aliphatic rings. The van der Waals surface area contributed by atoms with Gasteiger partial charge in [0, 0.05) is 44.0 Å². The van der Waals surface area contributed by atoms with Gasteiger partial charge in [-0.05, 0) is 80.9 Å². The predicted molar refractivity (Wildman–Crippen MR) is 219 cm³/mol. The van der Waals surface area contributed by atoms with Gasteiger partial charge in [0.25, 0.3) is 0 Å². The molecule has 0 saturated heterocycles. The second kappa shape index (κ2) is 12.0. The molecular weight excluding hydrogens is 645 g/mol. The minimum Gasteiger partial charge on any atom is -0.255 e. The van der Waals surface area contributed by atoms with E-state index in [1.165, 1.54) is 84.9 Å². The summed E-state index contributed by atoms with van der Waals surface area (Å²) in [5, 5.41) is 7.38. The van der Waals surface area contributed by atoms with Gasteiger partial charge in [0.2, 0.25) is 0 Å². The Labute approximate surface area is 299 Å². The van der Waals surface area contributed by atoms with E-state index in [1.807, 2.05) is 24.5 Å². The first kappa shape index (κ1) is 30.4. The van der Waals surface area contributed by atoms with Gasteiger partial charge >= 0.3 is 0 Å². The molecule has 0 unspecified atom stereocenters. The van der Waals surface area contributed by atoms with Crippen LogP contribution in [0.4, 0.5) is 0 Å². The highest BCUT2D eigenvalue weighted by atomic mass is 32.1. The lowest BCUT2D eigenvalue weighted by Crippen LogP contribution is -1.91. The Morgan fingerprint density at radius 3 is 1.12 bits per heavy atom. The third-order valence-electron chi connectivity index (χ3n) is 9.89. The van der Waals surface area contributed by atoms with Gasteiger partial charge in [-0.1, -0.05) is 122 Å². The average molecular weight is 677 g/mol. The number of thiophene rings is 2. The Balaban J connectivity index is 1.18. The molecule has 0 N–H and O–H groups in total. The first-order valence-electron chi connectivity index (χ1n) is 16.7. The summed E-state index contributed by atoms with van der Waals surface area (Å²) < 4.78 is 2.41. The fourth-order valence-corrected chi connectivity index (χ4v) is 9.91. The third kappa shape index (κ3) is 4.68. The summed E-state index contributed by atoms with van der Waals surface area (Å²) in [6, 6.07) is 39.7. The van der Waals surface area contributed by atoms with Gasteiger partial charge in [0.1, 0.15) is 0 Å². The lowest BCUT2D eigenvalue weighted by atomic mass is 9.85. The molecule has 4 heteroatoms. The van der Waals surface area contributed by atoms with E-state index in [2.05, 4.69) is 136 Å². The van der Waals surface area contributed by atoms with E-state index in [1.54, 1.807) is 22.7 Å². The molecule has 9 rings (SSSR count). The molecule has 0 saturated carbocycles. The van der Waals surface area contributed by atoms with Gasteiger partial charge in [0.05, 0.1) is 20.8 Å². The monoisotopic (exact) mass is 676 g/mol. The first-order valence-corrected chi connectivity index (χ1v) is 18.3. The van der Waals surface area contributed by atoms with Crippen molar-refractivity contribution in [2.45, 2.75) is 13.8 Å². The fourth-order valence-electron chi connectivity index (χ4n) is 7.58. The summed E-state index contributed by atoms with van der Waals surface area (Å²) in [5.74, 6) is 0. The maximum absolute atomic E-state index is 4.83. The Morgan fingerprint density at radius 2 is 0.780 bits per heavy atom. The summed E-state index contributed by atoms with van der Waals surface area (Å²) in [6.45, 7) is 12.4. The van der Waals surface area contributed by atoms with Crippen molar-refractivity contribution in [1.29, 1.82) is 0 Å². The van der Waals surface area contributed by atoms with Gasteiger partial charge < -0.3 is 0 Å². The summed E-state index contributed by atoms with van der Waals surface area (Å²) >= 11 is 3.58. The molecule has 5 aromatic carbocycles. The highest BCUT2D eigenvalue weighted by Gasteiger charge is 2.19. The van der Waals surface area contributed by atoms with Crippen molar-refractivity contribution in [2.75, 3.05) is 0 Å². The molecule has 2 nitrogen and oxygen atoms in total. The van der Waals surface area contributed by atoms with E-state index in [0.29, 0.717) is 0 Å². The second-order valence-corrected chi connectivity index (χ2v) is 15.1. The van der Waals surface area contributed by atoms with Gasteiger partial charge in [-0.3, -0.25) is 9.97 Å². The molecule has 0 aliphatic carbocycles. The highest BCUT2D eigenvalue weighted by molar-refractivity contribution is 7.20. The van der Waals surface area contributed by atoms with Crippen molar-refractivity contribution in [3.05, 3.63) is 156 Å². The van der Waals surface area contributed by atoms with Gasteiger partial charge in [-0.15, -0.1) is 22.7 Å². The number of benzene rings is 5. The van der Waals surface area contributed by atoms with Crippen LogP contribution in [0.25, 0.3) is 98.6 Å². The summed E-state index contributed by atoms with van der Waals surface area (Å²) in [6.07, 6.45) is 7.74. The molecule has 0 bridgehead atoms. The van der Waals surface area contributed by atoms with Crippen molar-refractivity contribution in [3.63, 3.8) is 0 Å². The molecule has 9 aromatic rings. The van der Waals surface area contributed by atoms with Crippen LogP contribution in [-0.2, 0) is 0 Å². The Morgan fingerprint density at radius 1 is 0.440 bits per heavy atom. The van der Waals surface area contributed by atoms with Crippen LogP contribution >= 0.6 is 22.7 Å². The van der Waals surface area contributed by atoms with Crippen molar-refractivity contribution in [2.24, 2.45) is 0 Å². The summed E-state index contributed by atoms with van der Waals surface area (Å²) in [5.41, 5.74) is 11.5. The van der Waals surface area contributed by atoms with Crippen LogP contribution in [0.1, 0.15) is 20.9 Å². The first-order chi connectivity index (χ1) is 24.6. The van der Waals surface area contributed by atoms with E-state index < -0.39 is 0 Å². The molecule has 0 spiro atoms. The number of pyridine rings is 2. The van der Waals surface area contributed by atoms with Crippen molar-refractivity contribution in [1.82, 2.24) is 9.97 Å². The maximum atomic E-state index is 4.83. The molecule has 0 fully saturated rings. The van der Waals surface area contributed by atoms with Crippen LogP contribution in [0.5, 0.6) is 0 Å². The molecule has 4 aromatic heterocycles. The minimum absolute atomic E-state index is 1.02. The highest BCUT2D eigenvalue weighted by Crippen LogP contribution is 2.45. The third-order valence-corrected chi connectivity index (χ3v) is 12.2. The lowest BCUT2D eigenvalue weighted by Gasteiger charge is -2.18. The Kier molecular flexibility index (Phi) is 7.31. The zero-order valence-electron chi connectivity index (χ0n) is 27.8. The number of rotatable bonds is 6. The summed E-state index contributed by atoms with van der Waals surface area (Å²) in [7, 11) is 0. The number of aryl methyl sites for hydroxylation is 2. The topological polar surface area (TPSA) is 25.8 Å². The van der Waals surface area contributed by atoms with Crippen LogP contribution in [0, 0.1) is 13.8 Å². The van der Waals surface area contributed by atoms with Crippen LogP contribution in [-0.4, -0.2) is 9.97 Å². The van der Waals surface area contributed by atoms with E-state index in [-0.39, 0.29) is 0 Å². The fraction of sp³-hybridized carbons (Fsp3) is 0.0435. The largest absolute Gasteiger partial charge is 0.255 e. The molecule has 0 radical (unpaired) electrons. The number of hydrogen-bond donors (Lipinski definition) is 0. The maximum Gasteiger partial charge on any atom is 0.0880 e. The van der Waals surface area contributed by atoms with Crippen molar-refractivity contribution < 1.29 is 0 Å². The van der Waals surface area contributed by atoms with Crippen LogP contribution in [0.2, 0.25) is 0 Å². The van der Waals surface area contributed by atoms with E-state index in [4.69, 9.17) is 9.97 Å². The number of aromatic nitrogens is 2. The predicted octanol–water partition coefficient (Wildman–Crippen LogP) is 13.8. The van der Waals surface area contributed by atoms with Gasteiger partial charge in [-0.2, -0.15) is 0 Å². The van der Waals surface area contributed by atoms with Gasteiger partial charge in [-0.25, -0.2) is 0 Å². The van der Waals surface area contributed by atoms with Crippen LogP contribution < -0.4 is 0 Å². The minimum atomic E-state index is 1.02. The molecule has 0 atom stereocenters. The zero-order chi connectivity index (χ0) is 33.9. The van der Waals surface area contributed by atoms with Crippen molar-refractivity contribution >= 4 is 76.5 Å². The van der Waals surface area contributed by atoms with Crippen LogP contribution in [0.15, 0.2) is 135 Å². The summed E-state index contributed by atoms with van der Waals surface area (Å²) in [4.78, 5) is 12.2.